The number of carbonyl (C=O) groups is 1. The maximum Gasteiger partial charge on any atom is 0.357 e. The van der Waals surface area contributed by atoms with E-state index in [4.69, 9.17) is 10.5 Å². The molecule has 1 fully saturated rings. The number of nitrogens with two attached hydrogens (primary N) is 1. The van der Waals surface area contributed by atoms with E-state index in [1.165, 1.54) is 11.3 Å². The largest absolute Gasteiger partial charge is 0.460 e. The van der Waals surface area contributed by atoms with Crippen LogP contribution in [0.25, 0.3) is 44.1 Å². The number of thiazole rings is 1. The number of aromatic nitrogens is 5. The Hall–Kier alpha value is -3.99. The van der Waals surface area contributed by atoms with Gasteiger partial charge in [0.2, 0.25) is 0 Å². The molecule has 1 aliphatic heterocycles. The van der Waals surface area contributed by atoms with Crippen LogP contribution in [0.5, 0.6) is 0 Å². The summed E-state index contributed by atoms with van der Waals surface area (Å²) >= 11 is 1.40. The van der Waals surface area contributed by atoms with Crippen molar-refractivity contribution in [1.82, 2.24) is 29.8 Å². The summed E-state index contributed by atoms with van der Waals surface area (Å²) < 4.78 is 5.45. The number of aryl methyl sites for hydroxylation is 1. The van der Waals surface area contributed by atoms with E-state index < -0.39 is 5.97 Å². The fraction of sp³-hybridized carbons (Fsp3) is 0.250. The van der Waals surface area contributed by atoms with Gasteiger partial charge >= 0.3 is 5.97 Å². The lowest BCUT2D eigenvalue weighted by Gasteiger charge is -2.14. The molecule has 0 radical (unpaired) electrons. The van der Waals surface area contributed by atoms with E-state index in [0.29, 0.717) is 23.9 Å². The summed E-state index contributed by atoms with van der Waals surface area (Å²) in [6, 6.07) is 14.2. The maximum absolute atomic E-state index is 12.5. The minimum absolute atomic E-state index is 0.213. The molecule has 9 nitrogen and oxygen atoms in total. The molecular formula is C28H27N7O2S. The van der Waals surface area contributed by atoms with Gasteiger partial charge in [0.05, 0.1) is 28.9 Å². The average Bonchev–Trinajstić information content (AvgIpc) is 3.69. The number of esters is 1. The van der Waals surface area contributed by atoms with Gasteiger partial charge in [0.25, 0.3) is 0 Å². The summed E-state index contributed by atoms with van der Waals surface area (Å²) in [5.74, 6) is -0.414. The Morgan fingerprint density at radius 2 is 2.08 bits per heavy atom. The zero-order valence-electron chi connectivity index (χ0n) is 20.9. The third kappa shape index (κ3) is 5.06. The minimum Gasteiger partial charge on any atom is -0.460 e. The second kappa shape index (κ2) is 10.4. The first-order chi connectivity index (χ1) is 18.5. The highest BCUT2D eigenvalue weighted by Gasteiger charge is 2.20. The number of nitrogens with zero attached hydrogens (tertiary/aromatic N) is 5. The molecule has 0 saturated carbocycles. The van der Waals surface area contributed by atoms with Gasteiger partial charge in [0, 0.05) is 52.9 Å². The molecule has 38 heavy (non-hydrogen) atoms. The Morgan fingerprint density at radius 1 is 1.18 bits per heavy atom. The molecule has 5 heterocycles. The number of benzene rings is 1. The van der Waals surface area contributed by atoms with Crippen LogP contribution < -0.4 is 5.73 Å². The second-order valence-corrected chi connectivity index (χ2v) is 10.3. The normalized spacial score (nSPS) is 15.8. The third-order valence-electron chi connectivity index (χ3n) is 6.65. The van der Waals surface area contributed by atoms with E-state index in [1.807, 2.05) is 43.3 Å². The standard InChI is InChI=1S/C28H27N7O2S/c1-17-3-2-4-23(33-17)26-25(31-16-32-26)18-5-6-22-19(11-18)12-20(13-30-22)27-34-24(15-38-27)28(36)37-10-9-35-8-7-21(29)14-35/h2-6,11-13,15-16,21H,7-10,14,29H2,1H3,(H,31,32)/t21-/m1/s1. The molecule has 1 aliphatic rings. The molecule has 1 aromatic carbocycles. The third-order valence-corrected chi connectivity index (χ3v) is 7.54. The molecule has 0 spiro atoms. The van der Waals surface area contributed by atoms with Crippen molar-refractivity contribution < 1.29 is 9.53 Å². The van der Waals surface area contributed by atoms with Crippen LogP contribution in [0.2, 0.25) is 0 Å². The number of imidazole rings is 1. The van der Waals surface area contributed by atoms with Crippen LogP contribution in [-0.2, 0) is 4.74 Å². The number of carbonyl (C=O) groups excluding carboxylic acids is 1. The van der Waals surface area contributed by atoms with Gasteiger partial charge in [-0.3, -0.25) is 14.9 Å². The average molecular weight is 526 g/mol. The molecule has 0 amide bonds. The van der Waals surface area contributed by atoms with Gasteiger partial charge < -0.3 is 15.5 Å². The van der Waals surface area contributed by atoms with Crippen molar-refractivity contribution in [2.75, 3.05) is 26.2 Å². The van der Waals surface area contributed by atoms with Gasteiger partial charge in [-0.15, -0.1) is 11.3 Å². The van der Waals surface area contributed by atoms with Gasteiger partial charge in [0.15, 0.2) is 5.69 Å². The van der Waals surface area contributed by atoms with Crippen molar-refractivity contribution in [3.8, 4) is 33.2 Å². The number of ether oxygens (including phenoxy) is 1. The topological polar surface area (TPSA) is 123 Å². The molecule has 0 aliphatic carbocycles. The molecular weight excluding hydrogens is 498 g/mol. The number of likely N-dealkylation sites (tertiary alicyclic amines) is 1. The summed E-state index contributed by atoms with van der Waals surface area (Å²) in [4.78, 5) is 36.3. The first-order valence-corrected chi connectivity index (χ1v) is 13.4. The molecule has 6 rings (SSSR count). The van der Waals surface area contributed by atoms with Crippen molar-refractivity contribution in [3.05, 3.63) is 71.8 Å². The number of H-pyrrole nitrogens is 1. The van der Waals surface area contributed by atoms with Crippen LogP contribution in [0.4, 0.5) is 0 Å². The van der Waals surface area contributed by atoms with Gasteiger partial charge in [-0.05, 0) is 50.2 Å². The fourth-order valence-electron chi connectivity index (χ4n) is 4.69. The smallest absolute Gasteiger partial charge is 0.357 e. The fourth-order valence-corrected chi connectivity index (χ4v) is 5.46. The first kappa shape index (κ1) is 24.4. The summed E-state index contributed by atoms with van der Waals surface area (Å²) in [5, 5.41) is 3.40. The molecule has 192 valence electrons. The molecule has 0 unspecified atom stereocenters. The Kier molecular flexibility index (Phi) is 6.67. The summed E-state index contributed by atoms with van der Waals surface area (Å²) in [5.41, 5.74) is 12.4. The van der Waals surface area contributed by atoms with Crippen molar-refractivity contribution in [3.63, 3.8) is 0 Å². The van der Waals surface area contributed by atoms with E-state index in [1.54, 1.807) is 17.9 Å². The minimum atomic E-state index is -0.414. The van der Waals surface area contributed by atoms with E-state index in [-0.39, 0.29) is 6.04 Å². The van der Waals surface area contributed by atoms with Crippen LogP contribution in [0, 0.1) is 6.92 Å². The monoisotopic (exact) mass is 525 g/mol. The van der Waals surface area contributed by atoms with E-state index >= 15 is 0 Å². The van der Waals surface area contributed by atoms with Crippen molar-refractivity contribution in [1.29, 1.82) is 0 Å². The molecule has 5 aromatic rings. The van der Waals surface area contributed by atoms with Gasteiger partial charge in [0.1, 0.15) is 11.6 Å². The number of hydrogen-bond donors (Lipinski definition) is 2. The second-order valence-electron chi connectivity index (χ2n) is 9.45. The Balaban J connectivity index is 1.20. The van der Waals surface area contributed by atoms with Gasteiger partial charge in [-0.25, -0.2) is 14.8 Å². The SMILES string of the molecule is Cc1cccc(-c2[nH]cnc2-c2ccc3ncc(-c4nc(C(=O)OCCN5CC[C@@H](N)C5)cs4)cc3c2)n1. The van der Waals surface area contributed by atoms with E-state index in [9.17, 15) is 4.79 Å². The highest BCUT2D eigenvalue weighted by atomic mass is 32.1. The van der Waals surface area contributed by atoms with E-state index in [2.05, 4.69) is 35.9 Å². The molecule has 1 atom stereocenters. The van der Waals surface area contributed by atoms with Crippen LogP contribution >= 0.6 is 11.3 Å². The molecule has 3 N–H and O–H groups in total. The maximum atomic E-state index is 12.5. The van der Waals surface area contributed by atoms with Crippen LogP contribution in [-0.4, -0.2) is 68.1 Å². The highest BCUT2D eigenvalue weighted by Crippen LogP contribution is 2.32. The molecule has 1 saturated heterocycles. The van der Waals surface area contributed by atoms with Crippen LogP contribution in [0.1, 0.15) is 22.6 Å². The number of pyridine rings is 2. The number of nitrogens with one attached hydrogen (secondary N) is 1. The number of rotatable bonds is 7. The zero-order chi connectivity index (χ0) is 26.1. The Labute approximate surface area is 223 Å². The zero-order valence-corrected chi connectivity index (χ0v) is 21.7. The lowest BCUT2D eigenvalue weighted by Crippen LogP contribution is -2.29. The quantitative estimate of drug-likeness (QED) is 0.301. The molecule has 10 heteroatoms. The van der Waals surface area contributed by atoms with Gasteiger partial charge in [-0.1, -0.05) is 12.1 Å². The van der Waals surface area contributed by atoms with Crippen molar-refractivity contribution >= 4 is 28.2 Å². The summed E-state index contributed by atoms with van der Waals surface area (Å²) in [7, 11) is 0. The van der Waals surface area contributed by atoms with Crippen LogP contribution in [0.15, 0.2) is 60.4 Å². The Bertz CT molecular complexity index is 1610. The molecule has 0 bridgehead atoms. The summed E-state index contributed by atoms with van der Waals surface area (Å²) in [6.45, 7) is 4.77. The summed E-state index contributed by atoms with van der Waals surface area (Å²) in [6.07, 6.45) is 4.45. The predicted octanol–water partition coefficient (Wildman–Crippen LogP) is 4.31. The highest BCUT2D eigenvalue weighted by molar-refractivity contribution is 7.13. The lowest BCUT2D eigenvalue weighted by atomic mass is 10.0. The van der Waals surface area contributed by atoms with Gasteiger partial charge in [-0.2, -0.15) is 0 Å². The van der Waals surface area contributed by atoms with Crippen molar-refractivity contribution in [2.45, 2.75) is 19.4 Å². The van der Waals surface area contributed by atoms with Crippen molar-refractivity contribution in [2.24, 2.45) is 5.73 Å². The number of aromatic amines is 1. The number of hydrogen-bond acceptors (Lipinski definition) is 9. The van der Waals surface area contributed by atoms with Crippen LogP contribution in [0.3, 0.4) is 0 Å². The Morgan fingerprint density at radius 3 is 2.92 bits per heavy atom. The lowest BCUT2D eigenvalue weighted by molar-refractivity contribution is 0.0466. The number of fused-ring (bicyclic) bond motifs is 1. The first-order valence-electron chi connectivity index (χ1n) is 12.5. The predicted molar refractivity (Wildman–Crippen MR) is 148 cm³/mol. The molecule has 4 aromatic heterocycles. The van der Waals surface area contributed by atoms with E-state index in [0.717, 1.165) is 64.3 Å².